The van der Waals surface area contributed by atoms with Gasteiger partial charge in [-0.3, -0.25) is 9.79 Å². The van der Waals surface area contributed by atoms with Gasteiger partial charge in [0.15, 0.2) is 0 Å². The Morgan fingerprint density at radius 1 is 1.15 bits per heavy atom. The van der Waals surface area contributed by atoms with Crippen LogP contribution >= 0.6 is 0 Å². The smallest absolute Gasteiger partial charge is 0.348 e. The zero-order valence-electron chi connectivity index (χ0n) is 15.0. The number of piperidine rings is 1. The molecule has 1 saturated heterocycles. The standard InChI is InChI=1S/C20H22N2O4/c1-13-12-17(23)18(20(25)26-13)14(2)21-16-8-6-15(7-9-16)19(24)22-10-4-3-5-11-22/h6-9,12,23H,3-5,10-11H2,1-2H3. The molecule has 1 aliphatic rings. The summed E-state index contributed by atoms with van der Waals surface area (Å²) >= 11 is 0. The Bertz CT molecular complexity index is 891. The van der Waals surface area contributed by atoms with E-state index in [0.717, 1.165) is 25.9 Å². The third-order valence-corrected chi connectivity index (χ3v) is 4.47. The number of aryl methyl sites for hydroxylation is 1. The molecule has 0 saturated carbocycles. The van der Waals surface area contributed by atoms with E-state index in [1.165, 1.54) is 12.5 Å². The van der Waals surface area contributed by atoms with Gasteiger partial charge in [0.1, 0.15) is 17.1 Å². The van der Waals surface area contributed by atoms with E-state index in [-0.39, 0.29) is 17.2 Å². The molecule has 1 amide bonds. The highest BCUT2D eigenvalue weighted by atomic mass is 16.4. The van der Waals surface area contributed by atoms with E-state index in [4.69, 9.17) is 4.42 Å². The Kier molecular flexibility index (Phi) is 5.21. The fourth-order valence-electron chi connectivity index (χ4n) is 3.14. The molecule has 1 N–H and O–H groups in total. The number of carbonyl (C=O) groups is 1. The number of benzene rings is 1. The molecule has 0 atom stereocenters. The highest BCUT2D eigenvalue weighted by molar-refractivity contribution is 6.02. The van der Waals surface area contributed by atoms with Crippen LogP contribution in [0, 0.1) is 6.92 Å². The minimum absolute atomic E-state index is 0.0359. The first-order valence-corrected chi connectivity index (χ1v) is 8.74. The van der Waals surface area contributed by atoms with Crippen LogP contribution in [0.1, 0.15) is 47.9 Å². The van der Waals surface area contributed by atoms with Crippen molar-refractivity contribution in [3.63, 3.8) is 0 Å². The van der Waals surface area contributed by atoms with Gasteiger partial charge >= 0.3 is 5.63 Å². The molecule has 0 unspecified atom stereocenters. The van der Waals surface area contributed by atoms with Crippen LogP contribution in [0.4, 0.5) is 5.69 Å². The first-order chi connectivity index (χ1) is 12.5. The minimum atomic E-state index is -0.624. The topological polar surface area (TPSA) is 83.1 Å². The number of hydrogen-bond donors (Lipinski definition) is 1. The number of amides is 1. The molecular formula is C20H22N2O4. The van der Waals surface area contributed by atoms with Crippen molar-refractivity contribution in [2.45, 2.75) is 33.1 Å². The summed E-state index contributed by atoms with van der Waals surface area (Å²) in [4.78, 5) is 30.7. The molecular weight excluding hydrogens is 332 g/mol. The van der Waals surface area contributed by atoms with Crippen molar-refractivity contribution < 1.29 is 14.3 Å². The molecule has 0 radical (unpaired) electrons. The van der Waals surface area contributed by atoms with Gasteiger partial charge in [0.2, 0.25) is 0 Å². The van der Waals surface area contributed by atoms with Crippen molar-refractivity contribution >= 4 is 17.3 Å². The van der Waals surface area contributed by atoms with E-state index in [9.17, 15) is 14.7 Å². The van der Waals surface area contributed by atoms with Gasteiger partial charge in [-0.15, -0.1) is 0 Å². The Morgan fingerprint density at radius 2 is 1.81 bits per heavy atom. The monoisotopic (exact) mass is 354 g/mol. The van der Waals surface area contributed by atoms with Crippen molar-refractivity contribution in [3.8, 4) is 5.75 Å². The third kappa shape index (κ3) is 3.85. The van der Waals surface area contributed by atoms with Crippen molar-refractivity contribution in [1.82, 2.24) is 4.90 Å². The molecule has 0 aliphatic carbocycles. The Morgan fingerprint density at radius 3 is 2.42 bits per heavy atom. The summed E-state index contributed by atoms with van der Waals surface area (Å²) in [5.74, 6) is 0.218. The minimum Gasteiger partial charge on any atom is -0.507 e. The summed E-state index contributed by atoms with van der Waals surface area (Å²) in [6.07, 6.45) is 3.28. The number of carbonyl (C=O) groups excluding carboxylic acids is 1. The molecule has 2 aromatic rings. The highest BCUT2D eigenvalue weighted by Crippen LogP contribution is 2.20. The van der Waals surface area contributed by atoms with Crippen LogP contribution < -0.4 is 5.63 Å². The maximum absolute atomic E-state index is 12.5. The second-order valence-corrected chi connectivity index (χ2v) is 6.50. The fraction of sp³-hybridized carbons (Fsp3) is 0.350. The predicted molar refractivity (Wildman–Crippen MR) is 99.4 cm³/mol. The molecule has 3 rings (SSSR count). The molecule has 0 bridgehead atoms. The van der Waals surface area contributed by atoms with Gasteiger partial charge in [0, 0.05) is 24.7 Å². The fourth-order valence-corrected chi connectivity index (χ4v) is 3.14. The van der Waals surface area contributed by atoms with Crippen LogP contribution in [0.25, 0.3) is 0 Å². The van der Waals surface area contributed by atoms with Gasteiger partial charge in [-0.25, -0.2) is 4.79 Å². The molecule has 6 nitrogen and oxygen atoms in total. The third-order valence-electron chi connectivity index (χ3n) is 4.47. The molecule has 1 fully saturated rings. The quantitative estimate of drug-likeness (QED) is 0.856. The van der Waals surface area contributed by atoms with Crippen LogP contribution in [0.2, 0.25) is 0 Å². The molecule has 0 spiro atoms. The van der Waals surface area contributed by atoms with Crippen molar-refractivity contribution in [3.05, 3.63) is 57.6 Å². The average Bonchev–Trinajstić information content (AvgIpc) is 2.61. The van der Waals surface area contributed by atoms with E-state index < -0.39 is 5.63 Å². The van der Waals surface area contributed by atoms with Crippen LogP contribution in [-0.4, -0.2) is 34.7 Å². The number of hydrogen-bond acceptors (Lipinski definition) is 5. The van der Waals surface area contributed by atoms with Gasteiger partial charge < -0.3 is 14.4 Å². The zero-order chi connectivity index (χ0) is 18.7. The molecule has 26 heavy (non-hydrogen) atoms. The Hall–Kier alpha value is -2.89. The molecule has 2 heterocycles. The summed E-state index contributed by atoms with van der Waals surface area (Å²) in [6.45, 7) is 4.84. The van der Waals surface area contributed by atoms with Gasteiger partial charge in [0.05, 0.1) is 11.4 Å². The summed E-state index contributed by atoms with van der Waals surface area (Å²) in [5.41, 5.74) is 0.995. The van der Waals surface area contributed by atoms with Crippen LogP contribution in [0.3, 0.4) is 0 Å². The Balaban J connectivity index is 1.81. The summed E-state index contributed by atoms with van der Waals surface area (Å²) < 4.78 is 5.02. The lowest BCUT2D eigenvalue weighted by Gasteiger charge is -2.26. The summed E-state index contributed by atoms with van der Waals surface area (Å²) in [7, 11) is 0. The van der Waals surface area contributed by atoms with E-state index in [2.05, 4.69) is 4.99 Å². The van der Waals surface area contributed by atoms with E-state index >= 15 is 0 Å². The SMILES string of the molecule is CC(=Nc1ccc(C(=O)N2CCCCC2)cc1)c1c(O)cc(C)oc1=O. The number of aromatic hydroxyl groups is 1. The lowest BCUT2D eigenvalue weighted by Crippen LogP contribution is -2.35. The second-order valence-electron chi connectivity index (χ2n) is 6.50. The average molecular weight is 354 g/mol. The van der Waals surface area contributed by atoms with Gasteiger partial charge in [-0.05, 0) is 57.4 Å². The number of nitrogens with zero attached hydrogens (tertiary/aromatic N) is 2. The van der Waals surface area contributed by atoms with Crippen LogP contribution in [0.5, 0.6) is 5.75 Å². The zero-order valence-corrected chi connectivity index (χ0v) is 15.0. The molecule has 136 valence electrons. The maximum Gasteiger partial charge on any atom is 0.348 e. The molecule has 6 heteroatoms. The lowest BCUT2D eigenvalue weighted by molar-refractivity contribution is 0.0724. The molecule has 1 aromatic carbocycles. The summed E-state index contributed by atoms with van der Waals surface area (Å²) in [5, 5.41) is 9.99. The van der Waals surface area contributed by atoms with Crippen molar-refractivity contribution in [1.29, 1.82) is 0 Å². The van der Waals surface area contributed by atoms with Gasteiger partial charge in [-0.2, -0.15) is 0 Å². The number of rotatable bonds is 3. The first kappa shape index (κ1) is 17.9. The Labute approximate surface area is 151 Å². The highest BCUT2D eigenvalue weighted by Gasteiger charge is 2.18. The largest absolute Gasteiger partial charge is 0.507 e. The number of likely N-dealkylation sites (tertiary alicyclic amines) is 1. The van der Waals surface area contributed by atoms with Crippen LogP contribution in [-0.2, 0) is 0 Å². The van der Waals surface area contributed by atoms with Gasteiger partial charge in [-0.1, -0.05) is 0 Å². The van der Waals surface area contributed by atoms with Crippen LogP contribution in [0.15, 0.2) is 44.5 Å². The summed E-state index contributed by atoms with van der Waals surface area (Å²) in [6, 6.07) is 8.32. The van der Waals surface area contributed by atoms with E-state index in [1.807, 2.05) is 4.90 Å². The molecule has 1 aliphatic heterocycles. The van der Waals surface area contributed by atoms with Crippen molar-refractivity contribution in [2.24, 2.45) is 4.99 Å². The maximum atomic E-state index is 12.5. The second kappa shape index (κ2) is 7.56. The van der Waals surface area contributed by atoms with E-state index in [0.29, 0.717) is 22.7 Å². The normalized spacial score (nSPS) is 15.2. The number of aliphatic imine (C=N–C) groups is 1. The first-order valence-electron chi connectivity index (χ1n) is 8.74. The van der Waals surface area contributed by atoms with Crippen molar-refractivity contribution in [2.75, 3.05) is 13.1 Å². The lowest BCUT2D eigenvalue weighted by atomic mass is 10.1. The van der Waals surface area contributed by atoms with E-state index in [1.54, 1.807) is 38.1 Å². The predicted octanol–water partition coefficient (Wildman–Crippen LogP) is 3.42. The van der Waals surface area contributed by atoms with Gasteiger partial charge in [0.25, 0.3) is 5.91 Å². The molecule has 1 aromatic heterocycles.